The highest BCUT2D eigenvalue weighted by molar-refractivity contribution is 7.21. The Labute approximate surface area is 141 Å². The highest BCUT2D eigenvalue weighted by atomic mass is 32.1. The number of anilines is 1. The van der Waals surface area contributed by atoms with Crippen molar-refractivity contribution in [2.75, 3.05) is 5.73 Å². The molecule has 0 spiro atoms. The predicted octanol–water partition coefficient (Wildman–Crippen LogP) is 4.27. The van der Waals surface area contributed by atoms with Gasteiger partial charge >= 0.3 is 6.18 Å². The van der Waals surface area contributed by atoms with E-state index < -0.39 is 17.6 Å². The largest absolute Gasteiger partial charge is 0.417 e. The number of halogens is 3. The number of nitrogens with two attached hydrogens (primary N) is 1. The van der Waals surface area contributed by atoms with E-state index in [0.29, 0.717) is 0 Å². The van der Waals surface area contributed by atoms with Crippen molar-refractivity contribution in [2.45, 2.75) is 51.2 Å². The van der Waals surface area contributed by atoms with Gasteiger partial charge in [-0.2, -0.15) is 13.2 Å². The van der Waals surface area contributed by atoms with Crippen LogP contribution in [0, 0.1) is 6.92 Å². The number of aromatic nitrogens is 1. The third kappa shape index (κ3) is 3.19. The number of carbonyl (C=O) groups is 1. The number of hydrogen-bond donors (Lipinski definition) is 2. The lowest BCUT2D eigenvalue weighted by Gasteiger charge is -2.22. The molecule has 3 N–H and O–H groups in total. The summed E-state index contributed by atoms with van der Waals surface area (Å²) in [5, 5.41) is 2.72. The molecule has 130 valence electrons. The van der Waals surface area contributed by atoms with Gasteiger partial charge in [0.25, 0.3) is 5.91 Å². The molecule has 0 unspecified atom stereocenters. The summed E-state index contributed by atoms with van der Waals surface area (Å²) in [5.74, 6) is -0.409. The number of alkyl halides is 3. The number of thiophene rings is 1. The molecule has 8 heteroatoms. The summed E-state index contributed by atoms with van der Waals surface area (Å²) < 4.78 is 39.8. The van der Waals surface area contributed by atoms with Crippen LogP contribution in [0.25, 0.3) is 10.2 Å². The lowest BCUT2D eigenvalue weighted by Crippen LogP contribution is -2.36. The third-order valence-corrected chi connectivity index (χ3v) is 5.38. The topological polar surface area (TPSA) is 68.0 Å². The van der Waals surface area contributed by atoms with E-state index in [-0.39, 0.29) is 32.5 Å². The number of amides is 1. The molecule has 0 saturated heterocycles. The van der Waals surface area contributed by atoms with E-state index in [1.807, 2.05) is 0 Å². The van der Waals surface area contributed by atoms with Crippen molar-refractivity contribution in [3.63, 3.8) is 0 Å². The van der Waals surface area contributed by atoms with Crippen LogP contribution in [0.3, 0.4) is 0 Å². The Morgan fingerprint density at radius 1 is 1.33 bits per heavy atom. The first kappa shape index (κ1) is 17.0. The highest BCUT2D eigenvalue weighted by Crippen LogP contribution is 2.42. The molecule has 1 fully saturated rings. The zero-order valence-corrected chi connectivity index (χ0v) is 14.0. The zero-order valence-electron chi connectivity index (χ0n) is 13.2. The van der Waals surface area contributed by atoms with Gasteiger partial charge in [0.1, 0.15) is 9.71 Å². The van der Waals surface area contributed by atoms with Gasteiger partial charge in [-0.05, 0) is 25.8 Å². The van der Waals surface area contributed by atoms with E-state index in [9.17, 15) is 18.0 Å². The van der Waals surface area contributed by atoms with Crippen molar-refractivity contribution in [1.82, 2.24) is 10.3 Å². The van der Waals surface area contributed by atoms with Gasteiger partial charge in [0.15, 0.2) is 0 Å². The summed E-state index contributed by atoms with van der Waals surface area (Å²) in [4.78, 5) is 16.8. The second-order valence-corrected chi connectivity index (χ2v) is 7.14. The Kier molecular flexibility index (Phi) is 4.42. The SMILES string of the molecule is Cc1cc(C(F)(F)F)c2c(N)c(C(=O)NC3CCCCC3)sc2n1. The molecule has 2 aromatic heterocycles. The Bertz CT molecular complexity index is 779. The Hall–Kier alpha value is -1.83. The number of carbonyl (C=O) groups excluding carboxylic acids is 1. The summed E-state index contributed by atoms with van der Waals surface area (Å²) in [6.07, 6.45) is 0.481. The van der Waals surface area contributed by atoms with Gasteiger partial charge in [0.2, 0.25) is 0 Å². The van der Waals surface area contributed by atoms with Crippen LogP contribution in [0.4, 0.5) is 18.9 Å². The molecular formula is C16H18F3N3OS. The second kappa shape index (κ2) is 6.23. The average Bonchev–Trinajstić information content (AvgIpc) is 2.83. The molecule has 0 bridgehead atoms. The van der Waals surface area contributed by atoms with Crippen LogP contribution in [0.1, 0.15) is 53.0 Å². The van der Waals surface area contributed by atoms with Gasteiger partial charge < -0.3 is 11.1 Å². The molecule has 1 amide bonds. The van der Waals surface area contributed by atoms with Crippen molar-refractivity contribution >= 4 is 33.1 Å². The first-order valence-corrected chi connectivity index (χ1v) is 8.66. The van der Waals surface area contributed by atoms with Crippen molar-refractivity contribution < 1.29 is 18.0 Å². The molecule has 0 aromatic carbocycles. The molecule has 0 aliphatic heterocycles. The minimum absolute atomic E-state index is 0.0626. The van der Waals surface area contributed by atoms with Crippen molar-refractivity contribution in [1.29, 1.82) is 0 Å². The minimum atomic E-state index is -4.54. The summed E-state index contributed by atoms with van der Waals surface area (Å²) in [5.41, 5.74) is 5.17. The van der Waals surface area contributed by atoms with E-state index >= 15 is 0 Å². The highest BCUT2D eigenvalue weighted by Gasteiger charge is 2.36. The fourth-order valence-electron chi connectivity index (χ4n) is 3.13. The number of nitrogens with one attached hydrogen (secondary N) is 1. The molecule has 4 nitrogen and oxygen atoms in total. The standard InChI is InChI=1S/C16H18F3N3OS/c1-8-7-10(16(17,18)19)11-12(20)13(24-15(11)21-8)14(23)22-9-5-3-2-4-6-9/h7,9H,2-6,20H2,1H3,(H,22,23). The molecule has 1 aliphatic rings. The Morgan fingerprint density at radius 3 is 2.62 bits per heavy atom. The first-order valence-electron chi connectivity index (χ1n) is 7.85. The predicted molar refractivity (Wildman–Crippen MR) is 88.1 cm³/mol. The lowest BCUT2D eigenvalue weighted by atomic mass is 9.95. The molecule has 0 atom stereocenters. The van der Waals surface area contributed by atoms with Crippen LogP contribution in [-0.2, 0) is 6.18 Å². The minimum Gasteiger partial charge on any atom is -0.397 e. The Morgan fingerprint density at radius 2 is 2.00 bits per heavy atom. The molecule has 3 rings (SSSR count). The third-order valence-electron chi connectivity index (χ3n) is 4.28. The van der Waals surface area contributed by atoms with E-state index in [1.54, 1.807) is 0 Å². The zero-order chi connectivity index (χ0) is 17.5. The maximum Gasteiger partial charge on any atom is 0.417 e. The summed E-state index contributed by atoms with van der Waals surface area (Å²) in [7, 11) is 0. The molecule has 2 heterocycles. The smallest absolute Gasteiger partial charge is 0.397 e. The molecular weight excluding hydrogens is 339 g/mol. The summed E-state index contributed by atoms with van der Waals surface area (Å²) in [6, 6.07) is 1.03. The number of aryl methyl sites for hydroxylation is 1. The summed E-state index contributed by atoms with van der Waals surface area (Å²) >= 11 is 0.917. The Balaban J connectivity index is 2.00. The van der Waals surface area contributed by atoms with Gasteiger partial charge in [-0.15, -0.1) is 11.3 Å². The van der Waals surface area contributed by atoms with Gasteiger partial charge in [-0.3, -0.25) is 4.79 Å². The van der Waals surface area contributed by atoms with E-state index in [4.69, 9.17) is 5.73 Å². The second-order valence-electron chi connectivity index (χ2n) is 6.14. The van der Waals surface area contributed by atoms with Gasteiger partial charge in [0.05, 0.1) is 11.3 Å². The fourth-order valence-corrected chi connectivity index (χ4v) is 4.20. The van der Waals surface area contributed by atoms with Crippen LogP contribution >= 0.6 is 11.3 Å². The maximum atomic E-state index is 13.3. The molecule has 0 radical (unpaired) electrons. The average molecular weight is 357 g/mol. The lowest BCUT2D eigenvalue weighted by molar-refractivity contribution is -0.136. The number of nitrogens with zero attached hydrogens (tertiary/aromatic N) is 1. The van der Waals surface area contributed by atoms with Crippen LogP contribution in [-0.4, -0.2) is 16.9 Å². The molecule has 24 heavy (non-hydrogen) atoms. The molecule has 2 aromatic rings. The van der Waals surface area contributed by atoms with Crippen molar-refractivity contribution in [3.8, 4) is 0 Å². The van der Waals surface area contributed by atoms with E-state index in [2.05, 4.69) is 10.3 Å². The number of nitrogen functional groups attached to an aromatic ring is 1. The normalized spacial score (nSPS) is 16.5. The van der Waals surface area contributed by atoms with Crippen molar-refractivity contribution in [2.24, 2.45) is 0 Å². The van der Waals surface area contributed by atoms with Crippen LogP contribution in [0.2, 0.25) is 0 Å². The van der Waals surface area contributed by atoms with Gasteiger partial charge in [-0.25, -0.2) is 4.98 Å². The summed E-state index contributed by atoms with van der Waals surface area (Å²) in [6.45, 7) is 1.49. The number of pyridine rings is 1. The first-order chi connectivity index (χ1) is 11.3. The van der Waals surface area contributed by atoms with Crippen LogP contribution in [0.5, 0.6) is 0 Å². The van der Waals surface area contributed by atoms with E-state index in [1.165, 1.54) is 6.92 Å². The number of fused-ring (bicyclic) bond motifs is 1. The van der Waals surface area contributed by atoms with Crippen LogP contribution in [0.15, 0.2) is 6.07 Å². The monoisotopic (exact) mass is 357 g/mol. The van der Waals surface area contributed by atoms with Gasteiger partial charge in [-0.1, -0.05) is 19.3 Å². The quantitative estimate of drug-likeness (QED) is 0.843. The molecule has 1 saturated carbocycles. The molecule has 1 aliphatic carbocycles. The van der Waals surface area contributed by atoms with Crippen molar-refractivity contribution in [3.05, 3.63) is 22.2 Å². The van der Waals surface area contributed by atoms with E-state index in [0.717, 1.165) is 49.5 Å². The van der Waals surface area contributed by atoms with Gasteiger partial charge in [0, 0.05) is 17.1 Å². The number of hydrogen-bond acceptors (Lipinski definition) is 4. The maximum absolute atomic E-state index is 13.3. The number of rotatable bonds is 2. The fraction of sp³-hybridized carbons (Fsp3) is 0.500. The van der Waals surface area contributed by atoms with Crippen LogP contribution < -0.4 is 11.1 Å².